The molecule has 1 saturated carbocycles. The highest BCUT2D eigenvalue weighted by atomic mass is 16.5. The predicted molar refractivity (Wildman–Crippen MR) is 135 cm³/mol. The van der Waals surface area contributed by atoms with E-state index in [2.05, 4.69) is 35.5 Å². The summed E-state index contributed by atoms with van der Waals surface area (Å²) in [6.45, 7) is 1.96. The summed E-state index contributed by atoms with van der Waals surface area (Å²) in [5, 5.41) is 14.9. The van der Waals surface area contributed by atoms with Crippen LogP contribution in [0.25, 0.3) is 33.4 Å². The highest BCUT2D eigenvalue weighted by Gasteiger charge is 2.51. The van der Waals surface area contributed by atoms with Crippen LogP contribution in [0, 0.1) is 6.92 Å². The van der Waals surface area contributed by atoms with E-state index in [1.54, 1.807) is 0 Å². The summed E-state index contributed by atoms with van der Waals surface area (Å²) in [7, 11) is 0. The third-order valence-electron chi connectivity index (χ3n) is 7.08. The van der Waals surface area contributed by atoms with Gasteiger partial charge in [0.1, 0.15) is 0 Å². The molecule has 0 spiro atoms. The fraction of sp³-hybridized carbons (Fsp3) is 0.167. The number of rotatable bonds is 6. The first-order valence-electron chi connectivity index (χ1n) is 11.8. The van der Waals surface area contributed by atoms with E-state index in [0.29, 0.717) is 19.3 Å². The molecule has 5 nitrogen and oxygen atoms in total. The lowest BCUT2D eigenvalue weighted by Crippen LogP contribution is -2.19. The van der Waals surface area contributed by atoms with Crippen molar-refractivity contribution in [2.45, 2.75) is 31.6 Å². The van der Waals surface area contributed by atoms with Gasteiger partial charge < -0.3 is 9.63 Å². The first-order valence-corrected chi connectivity index (χ1v) is 11.8. The molecule has 172 valence electrons. The number of hydrogen-bond acceptors (Lipinski definition) is 4. The lowest BCUT2D eigenvalue weighted by atomic mass is 9.93. The van der Waals surface area contributed by atoms with E-state index in [1.807, 2.05) is 61.5 Å². The summed E-state index contributed by atoms with van der Waals surface area (Å²) in [6.07, 6.45) is 2.07. The number of carboxylic acid groups (broad SMARTS) is 1. The number of benzene rings is 3. The van der Waals surface area contributed by atoms with Crippen molar-refractivity contribution in [1.29, 1.82) is 0 Å². The second-order valence-corrected chi connectivity index (χ2v) is 9.29. The number of pyridine rings is 1. The zero-order chi connectivity index (χ0) is 24.0. The number of fused-ring (bicyclic) bond motifs is 1. The Kier molecular flexibility index (Phi) is 4.99. The fourth-order valence-electron chi connectivity index (χ4n) is 4.76. The van der Waals surface area contributed by atoms with E-state index >= 15 is 0 Å². The Morgan fingerprint density at radius 1 is 0.886 bits per heavy atom. The molecule has 5 aromatic rings. The molecule has 1 aliphatic carbocycles. The molecule has 2 aromatic heterocycles. The van der Waals surface area contributed by atoms with E-state index in [0.717, 1.165) is 55.9 Å². The van der Waals surface area contributed by atoms with Gasteiger partial charge in [-0.25, -0.2) is 0 Å². The summed E-state index contributed by atoms with van der Waals surface area (Å²) in [6, 6.07) is 28.4. The SMILES string of the molecule is Cc1noc(-c2ccc(-c3ccc(C4(C(=O)O)CC4)cc3)cc2)c1Cc1ccc2ccccc2n1. The van der Waals surface area contributed by atoms with Crippen LogP contribution in [-0.4, -0.2) is 21.2 Å². The monoisotopic (exact) mass is 460 g/mol. The number of hydrogen-bond donors (Lipinski definition) is 1. The first-order chi connectivity index (χ1) is 17.0. The van der Waals surface area contributed by atoms with Crippen LogP contribution in [-0.2, 0) is 16.6 Å². The summed E-state index contributed by atoms with van der Waals surface area (Å²) in [4.78, 5) is 16.4. The zero-order valence-corrected chi connectivity index (χ0v) is 19.4. The largest absolute Gasteiger partial charge is 0.481 e. The van der Waals surface area contributed by atoms with Crippen molar-refractivity contribution in [3.8, 4) is 22.5 Å². The van der Waals surface area contributed by atoms with Gasteiger partial charge in [-0.15, -0.1) is 0 Å². The number of para-hydroxylation sites is 1. The van der Waals surface area contributed by atoms with Crippen molar-refractivity contribution in [1.82, 2.24) is 10.1 Å². The van der Waals surface area contributed by atoms with Crippen LogP contribution in [0.2, 0.25) is 0 Å². The second kappa shape index (κ2) is 8.20. The first kappa shape index (κ1) is 21.3. The topological polar surface area (TPSA) is 76.2 Å². The Morgan fingerprint density at radius 2 is 1.54 bits per heavy atom. The minimum Gasteiger partial charge on any atom is -0.481 e. The van der Waals surface area contributed by atoms with E-state index in [1.165, 1.54) is 0 Å². The molecule has 1 aliphatic rings. The van der Waals surface area contributed by atoms with Crippen molar-refractivity contribution in [3.05, 3.63) is 107 Å². The molecule has 3 aromatic carbocycles. The predicted octanol–water partition coefficient (Wildman–Crippen LogP) is 6.57. The van der Waals surface area contributed by atoms with Crippen LogP contribution < -0.4 is 0 Å². The number of aryl methyl sites for hydroxylation is 1. The molecule has 0 aliphatic heterocycles. The number of carbonyl (C=O) groups is 1. The molecular formula is C30H24N2O3. The van der Waals surface area contributed by atoms with Crippen LogP contribution in [0.5, 0.6) is 0 Å². The average molecular weight is 461 g/mol. The lowest BCUT2D eigenvalue weighted by Gasteiger charge is -2.11. The quantitative estimate of drug-likeness (QED) is 0.310. The van der Waals surface area contributed by atoms with E-state index in [-0.39, 0.29) is 0 Å². The number of aliphatic carboxylic acids is 1. The molecule has 1 fully saturated rings. The standard InChI is InChI=1S/C30H24N2O3/c1-19-26(18-25-15-12-22-4-2-3-5-27(22)31-25)28(35-32-19)23-8-6-20(7-9-23)21-10-13-24(14-11-21)30(16-17-30)29(33)34/h2-15H,16-18H2,1H3,(H,33,34). The Morgan fingerprint density at radius 3 is 2.23 bits per heavy atom. The minimum atomic E-state index is -0.730. The maximum absolute atomic E-state index is 11.6. The normalized spacial score (nSPS) is 14.2. The molecule has 6 rings (SSSR count). The maximum atomic E-state index is 11.6. The molecule has 0 radical (unpaired) electrons. The molecule has 0 amide bonds. The summed E-state index contributed by atoms with van der Waals surface area (Å²) in [5.41, 5.74) is 7.14. The average Bonchev–Trinajstić information content (AvgIpc) is 3.64. The third kappa shape index (κ3) is 3.79. The Balaban J connectivity index is 1.26. The van der Waals surface area contributed by atoms with Crippen molar-refractivity contribution >= 4 is 16.9 Å². The number of carboxylic acids is 1. The molecule has 0 atom stereocenters. The van der Waals surface area contributed by atoms with Crippen molar-refractivity contribution in [3.63, 3.8) is 0 Å². The smallest absolute Gasteiger partial charge is 0.314 e. The third-order valence-corrected chi connectivity index (χ3v) is 7.08. The highest BCUT2D eigenvalue weighted by Crippen LogP contribution is 2.48. The van der Waals surface area contributed by atoms with Gasteiger partial charge in [0.05, 0.1) is 16.6 Å². The number of nitrogens with zero attached hydrogens (tertiary/aromatic N) is 2. The van der Waals surface area contributed by atoms with Crippen LogP contribution >= 0.6 is 0 Å². The minimum absolute atomic E-state index is 0.643. The molecule has 0 bridgehead atoms. The van der Waals surface area contributed by atoms with Crippen LogP contribution in [0.3, 0.4) is 0 Å². The molecule has 0 unspecified atom stereocenters. The molecule has 0 saturated heterocycles. The van der Waals surface area contributed by atoms with Crippen LogP contribution in [0.4, 0.5) is 0 Å². The molecule has 2 heterocycles. The highest BCUT2D eigenvalue weighted by molar-refractivity contribution is 5.85. The summed E-state index contributed by atoms with van der Waals surface area (Å²) in [5.74, 6) is 0.0307. The molecule has 5 heteroatoms. The number of aromatic nitrogens is 2. The van der Waals surface area contributed by atoms with Gasteiger partial charge in [-0.1, -0.05) is 78.0 Å². The molecule has 35 heavy (non-hydrogen) atoms. The lowest BCUT2D eigenvalue weighted by molar-refractivity contribution is -0.140. The van der Waals surface area contributed by atoms with E-state index < -0.39 is 11.4 Å². The van der Waals surface area contributed by atoms with Crippen molar-refractivity contribution in [2.75, 3.05) is 0 Å². The Bertz CT molecular complexity index is 1550. The fourth-order valence-corrected chi connectivity index (χ4v) is 4.76. The van der Waals surface area contributed by atoms with Gasteiger partial charge in [-0.05, 0) is 48.6 Å². The molecular weight excluding hydrogens is 436 g/mol. The van der Waals surface area contributed by atoms with E-state index in [9.17, 15) is 9.90 Å². The summed E-state index contributed by atoms with van der Waals surface area (Å²) < 4.78 is 5.74. The van der Waals surface area contributed by atoms with Gasteiger partial charge in [0.25, 0.3) is 0 Å². The van der Waals surface area contributed by atoms with Gasteiger partial charge in [-0.3, -0.25) is 9.78 Å². The van der Waals surface area contributed by atoms with Crippen LogP contribution in [0.15, 0.2) is 89.5 Å². The zero-order valence-electron chi connectivity index (χ0n) is 19.4. The Hall–Kier alpha value is -4.25. The maximum Gasteiger partial charge on any atom is 0.314 e. The van der Waals surface area contributed by atoms with Gasteiger partial charge in [0, 0.05) is 28.6 Å². The molecule has 1 N–H and O–H groups in total. The van der Waals surface area contributed by atoms with Crippen LogP contribution in [0.1, 0.15) is 35.4 Å². The van der Waals surface area contributed by atoms with E-state index in [4.69, 9.17) is 9.51 Å². The summed E-state index contributed by atoms with van der Waals surface area (Å²) >= 11 is 0. The van der Waals surface area contributed by atoms with Crippen molar-refractivity contribution < 1.29 is 14.4 Å². The van der Waals surface area contributed by atoms with Gasteiger partial charge >= 0.3 is 5.97 Å². The van der Waals surface area contributed by atoms with Gasteiger partial charge in [-0.2, -0.15) is 0 Å². The Labute approximate surface area is 203 Å². The van der Waals surface area contributed by atoms with Crippen molar-refractivity contribution in [2.24, 2.45) is 0 Å². The van der Waals surface area contributed by atoms with Gasteiger partial charge in [0.15, 0.2) is 5.76 Å². The second-order valence-electron chi connectivity index (χ2n) is 9.29. The van der Waals surface area contributed by atoms with Gasteiger partial charge in [0.2, 0.25) is 0 Å².